The monoisotopic (exact) mass is 390 g/mol. The van der Waals surface area contributed by atoms with Crippen LogP contribution in [-0.2, 0) is 0 Å². The van der Waals surface area contributed by atoms with E-state index in [1.165, 1.54) is 30.3 Å². The molecule has 1 amide bonds. The molecule has 29 heavy (non-hydrogen) atoms. The number of nitrogens with zero attached hydrogens (tertiary/aromatic N) is 2. The molecule has 0 aliphatic carbocycles. The van der Waals surface area contributed by atoms with Crippen molar-refractivity contribution < 1.29 is 14.1 Å². The summed E-state index contributed by atoms with van der Waals surface area (Å²) in [6, 6.07) is 18.9. The summed E-state index contributed by atoms with van der Waals surface area (Å²) in [5, 5.41) is 26.1. The molecule has 3 rings (SSSR count). The molecule has 0 spiro atoms. The van der Waals surface area contributed by atoms with Crippen molar-refractivity contribution in [3.05, 3.63) is 99.9 Å². The van der Waals surface area contributed by atoms with Gasteiger partial charge in [-0.3, -0.25) is 14.9 Å². The molecule has 1 unspecified atom stereocenters. The van der Waals surface area contributed by atoms with Crippen LogP contribution < -0.4 is 10.6 Å². The topological polar surface area (TPSA) is 108 Å². The normalized spacial score (nSPS) is 11.2. The Morgan fingerprint density at radius 2 is 1.76 bits per heavy atom. The van der Waals surface area contributed by atoms with Gasteiger partial charge in [0.2, 0.25) is 0 Å². The van der Waals surface area contributed by atoms with Gasteiger partial charge < -0.3 is 10.6 Å². The Balaban J connectivity index is 1.86. The summed E-state index contributed by atoms with van der Waals surface area (Å²) >= 11 is 0. The lowest BCUT2D eigenvalue weighted by Gasteiger charge is -2.13. The van der Waals surface area contributed by atoms with Crippen molar-refractivity contribution >= 4 is 23.0 Å². The first kappa shape index (κ1) is 19.5. The molecule has 0 bridgehead atoms. The lowest BCUT2D eigenvalue weighted by Crippen LogP contribution is -2.28. The van der Waals surface area contributed by atoms with Crippen molar-refractivity contribution in [2.24, 2.45) is 0 Å². The fourth-order valence-electron chi connectivity index (χ4n) is 2.71. The number of hydrogen-bond donors (Lipinski definition) is 2. The minimum Gasteiger partial charge on any atom is -0.350 e. The van der Waals surface area contributed by atoms with Crippen molar-refractivity contribution in [2.75, 3.05) is 5.32 Å². The molecule has 0 radical (unpaired) electrons. The van der Waals surface area contributed by atoms with Gasteiger partial charge in [0.25, 0.3) is 11.6 Å². The number of nitriles is 1. The van der Waals surface area contributed by atoms with Crippen LogP contribution in [0.15, 0.2) is 72.8 Å². The number of nitro benzene ring substituents is 1. The molecular weight excluding hydrogens is 375 g/mol. The summed E-state index contributed by atoms with van der Waals surface area (Å²) in [7, 11) is 0. The number of carbonyl (C=O) groups excluding carboxylic acids is 1. The second kappa shape index (κ2) is 8.63. The number of hydrogen-bond acceptors (Lipinski definition) is 5. The van der Waals surface area contributed by atoms with E-state index < -0.39 is 22.7 Å². The fourth-order valence-corrected chi connectivity index (χ4v) is 2.71. The number of amides is 1. The Hall–Kier alpha value is -4.25. The number of halogens is 1. The van der Waals surface area contributed by atoms with Crippen molar-refractivity contribution in [2.45, 2.75) is 6.04 Å². The minimum absolute atomic E-state index is 0.0141. The van der Waals surface area contributed by atoms with Crippen molar-refractivity contribution in [1.29, 1.82) is 5.26 Å². The standard InChI is InChI=1S/C21H15FN4O3/c22-17-9-5-4-8-16(17)19(13-23)25-21(27)14-10-11-18(20(12-14)26(28)29)24-15-6-2-1-3-7-15/h1-12,19,24H,(H,25,27). The second-order valence-corrected chi connectivity index (χ2v) is 6.04. The zero-order chi connectivity index (χ0) is 20.8. The SMILES string of the molecule is N#CC(NC(=O)c1ccc(Nc2ccccc2)c([N+](=O)[O-])c1)c1ccccc1F. The summed E-state index contributed by atoms with van der Waals surface area (Å²) in [5.41, 5.74) is 0.550. The Morgan fingerprint density at radius 3 is 2.41 bits per heavy atom. The van der Waals surface area contributed by atoms with Gasteiger partial charge in [0.15, 0.2) is 0 Å². The van der Waals surface area contributed by atoms with Gasteiger partial charge in [-0.1, -0.05) is 36.4 Å². The number of anilines is 2. The summed E-state index contributed by atoms with van der Waals surface area (Å²) in [4.78, 5) is 23.4. The van der Waals surface area contributed by atoms with Crippen molar-refractivity contribution in [3.63, 3.8) is 0 Å². The Morgan fingerprint density at radius 1 is 1.07 bits per heavy atom. The van der Waals surface area contributed by atoms with Crippen LogP contribution in [0.3, 0.4) is 0 Å². The van der Waals surface area contributed by atoms with Crippen LogP contribution in [0.1, 0.15) is 22.0 Å². The largest absolute Gasteiger partial charge is 0.350 e. The first-order valence-electron chi connectivity index (χ1n) is 8.55. The maximum absolute atomic E-state index is 13.9. The predicted molar refractivity (Wildman–Crippen MR) is 105 cm³/mol. The van der Waals surface area contributed by atoms with E-state index in [4.69, 9.17) is 0 Å². The van der Waals surface area contributed by atoms with E-state index in [2.05, 4.69) is 10.6 Å². The molecule has 8 heteroatoms. The highest BCUT2D eigenvalue weighted by molar-refractivity contribution is 5.96. The summed E-state index contributed by atoms with van der Waals surface area (Å²) in [5.74, 6) is -1.36. The lowest BCUT2D eigenvalue weighted by molar-refractivity contribution is -0.383. The van der Waals surface area contributed by atoms with Crippen molar-refractivity contribution in [3.8, 4) is 6.07 Å². The Bertz CT molecular complexity index is 1100. The van der Waals surface area contributed by atoms with E-state index >= 15 is 0 Å². The molecule has 0 aliphatic heterocycles. The van der Waals surface area contributed by atoms with Crippen molar-refractivity contribution in [1.82, 2.24) is 5.32 Å². The highest BCUT2D eigenvalue weighted by Gasteiger charge is 2.21. The molecule has 0 heterocycles. The number of carbonyl (C=O) groups is 1. The predicted octanol–water partition coefficient (Wildman–Crippen LogP) is 4.47. The maximum atomic E-state index is 13.9. The fraction of sp³-hybridized carbons (Fsp3) is 0.0476. The van der Waals surface area contributed by atoms with Crippen LogP contribution in [0.5, 0.6) is 0 Å². The molecule has 0 aliphatic rings. The first-order chi connectivity index (χ1) is 14.0. The van der Waals surface area contributed by atoms with Crippen LogP contribution in [0.2, 0.25) is 0 Å². The van der Waals surface area contributed by atoms with E-state index in [-0.39, 0.29) is 22.5 Å². The van der Waals surface area contributed by atoms with E-state index in [1.54, 1.807) is 30.3 Å². The zero-order valence-electron chi connectivity index (χ0n) is 15.0. The minimum atomic E-state index is -1.23. The van der Waals surface area contributed by atoms with Gasteiger partial charge in [0, 0.05) is 22.9 Å². The van der Waals surface area contributed by atoms with Gasteiger partial charge in [0.1, 0.15) is 17.5 Å². The van der Waals surface area contributed by atoms with E-state index in [0.717, 1.165) is 6.07 Å². The number of nitro groups is 1. The summed E-state index contributed by atoms with van der Waals surface area (Å²) < 4.78 is 13.9. The van der Waals surface area contributed by atoms with Crippen LogP contribution in [-0.4, -0.2) is 10.8 Å². The second-order valence-electron chi connectivity index (χ2n) is 6.04. The molecule has 3 aromatic carbocycles. The molecule has 0 saturated carbocycles. The molecule has 3 aromatic rings. The highest BCUT2D eigenvalue weighted by Crippen LogP contribution is 2.29. The van der Waals surface area contributed by atoms with Crippen LogP contribution >= 0.6 is 0 Å². The van der Waals surface area contributed by atoms with E-state index in [9.17, 15) is 24.6 Å². The smallest absolute Gasteiger partial charge is 0.293 e. The molecule has 0 aromatic heterocycles. The van der Waals surface area contributed by atoms with Gasteiger partial charge in [-0.15, -0.1) is 0 Å². The number of benzene rings is 3. The molecule has 7 nitrogen and oxygen atoms in total. The average Bonchev–Trinajstić information content (AvgIpc) is 2.73. The van der Waals surface area contributed by atoms with Gasteiger partial charge in [0.05, 0.1) is 11.0 Å². The van der Waals surface area contributed by atoms with Gasteiger partial charge in [-0.25, -0.2) is 4.39 Å². The maximum Gasteiger partial charge on any atom is 0.293 e. The number of rotatable bonds is 6. The third-order valence-corrected chi connectivity index (χ3v) is 4.13. The first-order valence-corrected chi connectivity index (χ1v) is 8.55. The third kappa shape index (κ3) is 4.54. The Labute approximate surface area is 165 Å². The molecular formula is C21H15FN4O3. The zero-order valence-corrected chi connectivity index (χ0v) is 15.0. The van der Waals surface area contributed by atoms with E-state index in [1.807, 2.05) is 12.1 Å². The molecule has 0 saturated heterocycles. The quantitative estimate of drug-likeness (QED) is 0.477. The molecule has 2 N–H and O–H groups in total. The number of para-hydroxylation sites is 1. The molecule has 1 atom stereocenters. The van der Waals surface area contributed by atoms with E-state index in [0.29, 0.717) is 5.69 Å². The Kier molecular flexibility index (Phi) is 5.80. The van der Waals surface area contributed by atoms with Gasteiger partial charge in [-0.05, 0) is 30.3 Å². The van der Waals surface area contributed by atoms with Crippen LogP contribution in [0, 0.1) is 27.3 Å². The summed E-state index contributed by atoms with van der Waals surface area (Å²) in [6.07, 6.45) is 0. The highest BCUT2D eigenvalue weighted by atomic mass is 19.1. The molecule has 0 fully saturated rings. The van der Waals surface area contributed by atoms with Crippen LogP contribution in [0.25, 0.3) is 0 Å². The number of nitrogens with one attached hydrogen (secondary N) is 2. The molecule has 144 valence electrons. The summed E-state index contributed by atoms with van der Waals surface area (Å²) in [6.45, 7) is 0. The van der Waals surface area contributed by atoms with Crippen LogP contribution in [0.4, 0.5) is 21.5 Å². The third-order valence-electron chi connectivity index (χ3n) is 4.13. The van der Waals surface area contributed by atoms with Gasteiger partial charge >= 0.3 is 0 Å². The lowest BCUT2D eigenvalue weighted by atomic mass is 10.1. The average molecular weight is 390 g/mol. The van der Waals surface area contributed by atoms with Gasteiger partial charge in [-0.2, -0.15) is 5.26 Å².